The molecule has 1 fully saturated rings. The van der Waals surface area contributed by atoms with Crippen molar-refractivity contribution in [1.82, 2.24) is 19.9 Å². The summed E-state index contributed by atoms with van der Waals surface area (Å²) in [6.07, 6.45) is 4.60. The largest absolute Gasteiger partial charge is 0.371 e. The second-order valence-electron chi connectivity index (χ2n) is 7.60. The zero-order valence-corrected chi connectivity index (χ0v) is 16.5. The number of nitrogens with zero attached hydrogens (tertiary/aromatic N) is 4. The molecule has 0 unspecified atom stereocenters. The summed E-state index contributed by atoms with van der Waals surface area (Å²) in [5, 5.41) is 4.16. The third kappa shape index (κ3) is 3.93. The number of piperazine rings is 1. The number of allylic oxidation sites excluding steroid dienone is 2. The average molecular weight is 364 g/mol. The smallest absolute Gasteiger partial charge is 0.141 e. The zero-order chi connectivity index (χ0) is 18.8. The molecule has 27 heavy (non-hydrogen) atoms. The van der Waals surface area contributed by atoms with Crippen LogP contribution in [0, 0.1) is 13.8 Å². The molecule has 5 nitrogen and oxygen atoms in total. The van der Waals surface area contributed by atoms with E-state index in [9.17, 15) is 0 Å². The van der Waals surface area contributed by atoms with Crippen LogP contribution in [0.25, 0.3) is 5.57 Å². The lowest BCUT2D eigenvalue weighted by Crippen LogP contribution is -2.45. The summed E-state index contributed by atoms with van der Waals surface area (Å²) in [5.74, 6) is 0.884. The first-order chi connectivity index (χ1) is 13.1. The van der Waals surface area contributed by atoms with Gasteiger partial charge in [-0.2, -0.15) is 0 Å². The lowest BCUT2D eigenvalue weighted by Gasteiger charge is -2.39. The van der Waals surface area contributed by atoms with Crippen LogP contribution in [0.4, 0.5) is 0 Å². The highest BCUT2D eigenvalue weighted by atomic mass is 16.5. The summed E-state index contributed by atoms with van der Waals surface area (Å²) in [7, 11) is 2.20. The second-order valence-corrected chi connectivity index (χ2v) is 7.60. The topological polar surface area (TPSA) is 35.8 Å². The number of hydrogen-bond acceptors (Lipinski definition) is 5. The second kappa shape index (κ2) is 7.61. The Labute approximate surface area is 161 Å². The van der Waals surface area contributed by atoms with Gasteiger partial charge in [-0.3, -0.25) is 0 Å². The predicted molar refractivity (Wildman–Crippen MR) is 108 cm³/mol. The van der Waals surface area contributed by atoms with E-state index in [1.54, 1.807) is 0 Å². The Morgan fingerprint density at radius 1 is 1.04 bits per heavy atom. The van der Waals surface area contributed by atoms with E-state index in [1.165, 1.54) is 16.8 Å². The summed E-state index contributed by atoms with van der Waals surface area (Å²) in [5.41, 5.74) is 5.99. The van der Waals surface area contributed by atoms with Crippen LogP contribution in [0.15, 0.2) is 52.8 Å². The van der Waals surface area contributed by atoms with E-state index < -0.39 is 0 Å². The molecule has 2 aromatic rings. The van der Waals surface area contributed by atoms with Gasteiger partial charge in [-0.25, -0.2) is 0 Å². The van der Waals surface area contributed by atoms with Crippen molar-refractivity contribution in [2.45, 2.75) is 20.4 Å². The van der Waals surface area contributed by atoms with Gasteiger partial charge in [0.1, 0.15) is 5.76 Å². The molecule has 0 saturated carbocycles. The molecule has 0 radical (unpaired) electrons. The van der Waals surface area contributed by atoms with Gasteiger partial charge in [-0.1, -0.05) is 35.5 Å². The van der Waals surface area contributed by atoms with E-state index in [0.717, 1.165) is 56.3 Å². The van der Waals surface area contributed by atoms with Crippen molar-refractivity contribution < 1.29 is 4.52 Å². The Bertz CT molecular complexity index is 825. The highest BCUT2D eigenvalue weighted by molar-refractivity contribution is 5.77. The van der Waals surface area contributed by atoms with Gasteiger partial charge in [-0.05, 0) is 32.5 Å². The van der Waals surface area contributed by atoms with Crippen LogP contribution >= 0.6 is 0 Å². The van der Waals surface area contributed by atoms with Gasteiger partial charge in [0.15, 0.2) is 0 Å². The molecule has 5 heteroatoms. The van der Waals surface area contributed by atoms with Gasteiger partial charge in [-0.15, -0.1) is 0 Å². The summed E-state index contributed by atoms with van der Waals surface area (Å²) in [4.78, 5) is 7.33. The quantitative estimate of drug-likeness (QED) is 0.832. The van der Waals surface area contributed by atoms with Crippen molar-refractivity contribution in [2.75, 3.05) is 39.8 Å². The monoisotopic (exact) mass is 364 g/mol. The third-order valence-corrected chi connectivity index (χ3v) is 5.47. The van der Waals surface area contributed by atoms with E-state index in [4.69, 9.17) is 4.52 Å². The Hall–Kier alpha value is -2.53. The average Bonchev–Trinajstić information content (AvgIpc) is 3.01. The fourth-order valence-electron chi connectivity index (χ4n) is 3.95. The maximum Gasteiger partial charge on any atom is 0.141 e. The maximum absolute atomic E-state index is 5.44. The van der Waals surface area contributed by atoms with Gasteiger partial charge >= 0.3 is 0 Å². The molecule has 0 atom stereocenters. The number of likely N-dealkylation sites (N-methyl/N-ethyl adjacent to an activating group) is 1. The number of aromatic nitrogens is 1. The van der Waals surface area contributed by atoms with Crippen molar-refractivity contribution >= 4 is 5.57 Å². The maximum atomic E-state index is 5.44. The van der Waals surface area contributed by atoms with Gasteiger partial charge in [0, 0.05) is 55.8 Å². The van der Waals surface area contributed by atoms with Crippen molar-refractivity contribution in [3.8, 4) is 0 Å². The van der Waals surface area contributed by atoms with Crippen molar-refractivity contribution in [3.63, 3.8) is 0 Å². The molecular weight excluding hydrogens is 336 g/mol. The third-order valence-electron chi connectivity index (χ3n) is 5.47. The summed E-state index contributed by atoms with van der Waals surface area (Å²) >= 11 is 0. The first-order valence-corrected chi connectivity index (χ1v) is 9.67. The molecule has 0 spiro atoms. The Balaban J connectivity index is 1.64. The van der Waals surface area contributed by atoms with Crippen molar-refractivity contribution in [1.29, 1.82) is 0 Å². The normalized spacial score (nSPS) is 18.5. The van der Waals surface area contributed by atoms with Crippen LogP contribution < -0.4 is 0 Å². The molecule has 142 valence electrons. The summed E-state index contributed by atoms with van der Waals surface area (Å²) in [6, 6.07) is 10.7. The van der Waals surface area contributed by atoms with Crippen molar-refractivity contribution in [3.05, 3.63) is 70.9 Å². The minimum absolute atomic E-state index is 0.884. The molecule has 1 saturated heterocycles. The SMILES string of the molecule is Cc1noc(C)c1C1=CN(Cc2ccccc2)CC(N2CCN(C)CC2)=C1. The fourth-order valence-corrected chi connectivity index (χ4v) is 3.95. The van der Waals surface area contributed by atoms with Gasteiger partial charge < -0.3 is 19.2 Å². The first-order valence-electron chi connectivity index (χ1n) is 9.67. The van der Waals surface area contributed by atoms with Crippen LogP contribution in [0.5, 0.6) is 0 Å². The van der Waals surface area contributed by atoms with E-state index in [-0.39, 0.29) is 0 Å². The molecule has 2 aliphatic rings. The molecule has 3 heterocycles. The van der Waals surface area contributed by atoms with Gasteiger partial charge in [0.05, 0.1) is 12.2 Å². The van der Waals surface area contributed by atoms with Crippen LogP contribution in [-0.4, -0.2) is 59.6 Å². The number of benzene rings is 1. The first kappa shape index (κ1) is 17.9. The lowest BCUT2D eigenvalue weighted by atomic mass is 10.0. The van der Waals surface area contributed by atoms with Crippen molar-refractivity contribution in [2.24, 2.45) is 0 Å². The minimum atomic E-state index is 0.884. The van der Waals surface area contributed by atoms with Crippen LogP contribution in [0.3, 0.4) is 0 Å². The molecule has 1 aromatic heterocycles. The molecule has 0 amide bonds. The molecule has 1 aromatic carbocycles. The minimum Gasteiger partial charge on any atom is -0.371 e. The highest BCUT2D eigenvalue weighted by Gasteiger charge is 2.23. The molecule has 0 N–H and O–H groups in total. The van der Waals surface area contributed by atoms with Crippen LogP contribution in [0.2, 0.25) is 0 Å². The van der Waals surface area contributed by atoms with E-state index >= 15 is 0 Å². The van der Waals surface area contributed by atoms with E-state index in [1.807, 2.05) is 13.8 Å². The number of aryl methyl sites for hydroxylation is 2. The van der Waals surface area contributed by atoms with E-state index in [2.05, 4.69) is 69.5 Å². The number of hydrogen-bond donors (Lipinski definition) is 0. The summed E-state index contributed by atoms with van der Waals surface area (Å²) in [6.45, 7) is 10.2. The number of rotatable bonds is 4. The highest BCUT2D eigenvalue weighted by Crippen LogP contribution is 2.30. The predicted octanol–water partition coefficient (Wildman–Crippen LogP) is 3.28. The fraction of sp³-hybridized carbons (Fsp3) is 0.409. The summed E-state index contributed by atoms with van der Waals surface area (Å²) < 4.78 is 5.44. The Kier molecular flexibility index (Phi) is 5.03. The standard InChI is InChI=1S/C22H28N4O/c1-17-22(18(2)27-23-17)20-13-21(26-11-9-24(3)10-12-26)16-25(15-20)14-19-7-5-4-6-8-19/h4-8,13,15H,9-12,14,16H2,1-3H3. The van der Waals surface area contributed by atoms with Gasteiger partial charge in [0.2, 0.25) is 0 Å². The Morgan fingerprint density at radius 2 is 1.78 bits per heavy atom. The lowest BCUT2D eigenvalue weighted by molar-refractivity contribution is 0.175. The van der Waals surface area contributed by atoms with Crippen LogP contribution in [-0.2, 0) is 6.54 Å². The van der Waals surface area contributed by atoms with Crippen LogP contribution in [0.1, 0.15) is 22.6 Å². The molecular formula is C22H28N4O. The molecule has 4 rings (SSSR count). The van der Waals surface area contributed by atoms with E-state index in [0.29, 0.717) is 0 Å². The molecule has 0 bridgehead atoms. The molecule has 0 aliphatic carbocycles. The van der Waals surface area contributed by atoms with Gasteiger partial charge in [0.25, 0.3) is 0 Å². The molecule has 2 aliphatic heterocycles. The Morgan fingerprint density at radius 3 is 2.44 bits per heavy atom. The zero-order valence-electron chi connectivity index (χ0n) is 16.5.